The molecule has 3 N–H and O–H groups in total. The van der Waals surface area contributed by atoms with Gasteiger partial charge in [-0.3, -0.25) is 4.79 Å². The van der Waals surface area contributed by atoms with Crippen LogP contribution in [0.15, 0.2) is 24.3 Å². The summed E-state index contributed by atoms with van der Waals surface area (Å²) < 4.78 is 0. The molecule has 1 aromatic carbocycles. The molecule has 3 nitrogen and oxygen atoms in total. The summed E-state index contributed by atoms with van der Waals surface area (Å²) in [5, 5.41) is 2.94. The third-order valence-corrected chi connectivity index (χ3v) is 3.21. The van der Waals surface area contributed by atoms with Gasteiger partial charge >= 0.3 is 0 Å². The summed E-state index contributed by atoms with van der Waals surface area (Å²) in [4.78, 5) is 12.0. The van der Waals surface area contributed by atoms with E-state index in [4.69, 9.17) is 5.73 Å². The van der Waals surface area contributed by atoms with Crippen LogP contribution in [0.2, 0.25) is 0 Å². The predicted octanol–water partition coefficient (Wildman–Crippen LogP) is 4.11. The Morgan fingerprint density at radius 3 is 2.20 bits per heavy atom. The van der Waals surface area contributed by atoms with Gasteiger partial charge in [0.2, 0.25) is 5.91 Å². The minimum absolute atomic E-state index is 0.0200. The van der Waals surface area contributed by atoms with E-state index in [0.29, 0.717) is 12.3 Å². The lowest BCUT2D eigenvalue weighted by atomic mass is 9.84. The summed E-state index contributed by atoms with van der Waals surface area (Å²) in [7, 11) is 0. The molecule has 2 atom stereocenters. The molecule has 1 amide bonds. The monoisotopic (exact) mass is 276 g/mol. The summed E-state index contributed by atoms with van der Waals surface area (Å²) in [5.41, 5.74) is 7.97. The van der Waals surface area contributed by atoms with Crippen LogP contribution in [0.1, 0.15) is 59.1 Å². The van der Waals surface area contributed by atoms with Crippen molar-refractivity contribution in [3.05, 3.63) is 29.8 Å². The van der Waals surface area contributed by atoms with Gasteiger partial charge in [-0.05, 0) is 42.4 Å². The van der Waals surface area contributed by atoms with Crippen LogP contribution in [-0.4, -0.2) is 5.91 Å². The highest BCUT2D eigenvalue weighted by atomic mass is 16.1. The van der Waals surface area contributed by atoms with E-state index in [1.807, 2.05) is 31.2 Å². The van der Waals surface area contributed by atoms with Crippen molar-refractivity contribution in [3.8, 4) is 0 Å². The molecule has 1 aromatic rings. The molecule has 0 spiro atoms. The van der Waals surface area contributed by atoms with E-state index >= 15 is 0 Å². The van der Waals surface area contributed by atoms with Crippen molar-refractivity contribution >= 4 is 11.6 Å². The molecule has 3 heteroatoms. The Balaban J connectivity index is 2.50. The average molecular weight is 276 g/mol. The molecule has 0 aliphatic heterocycles. The van der Waals surface area contributed by atoms with Crippen LogP contribution in [0.4, 0.5) is 5.69 Å². The third kappa shape index (κ3) is 6.20. The number of amides is 1. The van der Waals surface area contributed by atoms with Crippen molar-refractivity contribution in [1.82, 2.24) is 0 Å². The van der Waals surface area contributed by atoms with Gasteiger partial charge in [0.25, 0.3) is 0 Å². The normalized spacial score (nSPS) is 14.7. The van der Waals surface area contributed by atoms with Crippen LogP contribution >= 0.6 is 0 Å². The number of nitrogens with one attached hydrogen (secondary N) is 1. The number of rotatable bonds is 5. The van der Waals surface area contributed by atoms with Gasteiger partial charge in [-0.1, -0.05) is 39.8 Å². The lowest BCUT2D eigenvalue weighted by Gasteiger charge is -2.22. The fourth-order valence-electron chi connectivity index (χ4n) is 2.52. The zero-order valence-corrected chi connectivity index (χ0v) is 13.4. The number of nitrogens with two attached hydrogens (primary N) is 1. The Hall–Kier alpha value is -1.35. The van der Waals surface area contributed by atoms with Crippen LogP contribution in [0.3, 0.4) is 0 Å². The van der Waals surface area contributed by atoms with Crippen molar-refractivity contribution < 1.29 is 4.79 Å². The SMILES string of the molecule is CC(CC(=O)Nc1ccc(C(C)N)cc1)CC(C)(C)C. The zero-order valence-electron chi connectivity index (χ0n) is 13.4. The highest BCUT2D eigenvalue weighted by Gasteiger charge is 2.17. The summed E-state index contributed by atoms with van der Waals surface area (Å²) in [5.74, 6) is 0.466. The number of hydrogen-bond donors (Lipinski definition) is 2. The second-order valence-corrected chi connectivity index (χ2v) is 7.03. The Kier molecular flexibility index (Phi) is 5.75. The van der Waals surface area contributed by atoms with E-state index in [1.165, 1.54) is 0 Å². The molecule has 1 rings (SSSR count). The van der Waals surface area contributed by atoms with Gasteiger partial charge in [-0.15, -0.1) is 0 Å². The number of carbonyl (C=O) groups excluding carboxylic acids is 1. The summed E-state index contributed by atoms with van der Waals surface area (Å²) in [6, 6.07) is 7.75. The Morgan fingerprint density at radius 2 is 1.75 bits per heavy atom. The maximum absolute atomic E-state index is 12.0. The van der Waals surface area contributed by atoms with Gasteiger partial charge in [0, 0.05) is 18.2 Å². The lowest BCUT2D eigenvalue weighted by molar-refractivity contribution is -0.117. The number of hydrogen-bond acceptors (Lipinski definition) is 2. The van der Waals surface area contributed by atoms with E-state index in [9.17, 15) is 4.79 Å². The minimum Gasteiger partial charge on any atom is -0.326 e. The first-order valence-electron chi connectivity index (χ1n) is 7.33. The van der Waals surface area contributed by atoms with Gasteiger partial charge < -0.3 is 11.1 Å². The van der Waals surface area contributed by atoms with Crippen LogP contribution in [0, 0.1) is 11.3 Å². The molecule has 0 fully saturated rings. The van der Waals surface area contributed by atoms with E-state index in [1.54, 1.807) is 0 Å². The fourth-order valence-corrected chi connectivity index (χ4v) is 2.52. The molecule has 0 aromatic heterocycles. The molecule has 0 aliphatic rings. The fraction of sp³-hybridized carbons (Fsp3) is 0.588. The Morgan fingerprint density at radius 1 is 1.20 bits per heavy atom. The molecular formula is C17H28N2O. The molecule has 0 radical (unpaired) electrons. The number of carbonyl (C=O) groups is 1. The topological polar surface area (TPSA) is 55.1 Å². The minimum atomic E-state index is 0.0200. The zero-order chi connectivity index (χ0) is 15.3. The van der Waals surface area contributed by atoms with Crippen molar-refractivity contribution in [2.45, 2.75) is 53.5 Å². The van der Waals surface area contributed by atoms with Crippen molar-refractivity contribution in [1.29, 1.82) is 0 Å². The van der Waals surface area contributed by atoms with E-state index in [-0.39, 0.29) is 17.4 Å². The lowest BCUT2D eigenvalue weighted by Crippen LogP contribution is -2.18. The Bertz CT molecular complexity index is 429. The van der Waals surface area contributed by atoms with Crippen molar-refractivity contribution in [2.24, 2.45) is 17.1 Å². The van der Waals surface area contributed by atoms with Crippen LogP contribution in [0.5, 0.6) is 0 Å². The summed E-state index contributed by atoms with van der Waals surface area (Å²) in [6.45, 7) is 10.7. The molecule has 0 saturated heterocycles. The van der Waals surface area contributed by atoms with Gasteiger partial charge in [0.1, 0.15) is 0 Å². The second-order valence-electron chi connectivity index (χ2n) is 7.03. The molecule has 0 heterocycles. The van der Waals surface area contributed by atoms with Crippen molar-refractivity contribution in [3.63, 3.8) is 0 Å². The maximum atomic E-state index is 12.0. The molecular weight excluding hydrogens is 248 g/mol. The largest absolute Gasteiger partial charge is 0.326 e. The molecule has 20 heavy (non-hydrogen) atoms. The van der Waals surface area contributed by atoms with Gasteiger partial charge in [0.05, 0.1) is 0 Å². The van der Waals surface area contributed by atoms with Crippen LogP contribution in [0.25, 0.3) is 0 Å². The first-order chi connectivity index (χ1) is 9.17. The third-order valence-electron chi connectivity index (χ3n) is 3.21. The van der Waals surface area contributed by atoms with Crippen LogP contribution in [-0.2, 0) is 4.79 Å². The van der Waals surface area contributed by atoms with Crippen molar-refractivity contribution in [2.75, 3.05) is 5.32 Å². The van der Waals surface area contributed by atoms with Crippen LogP contribution < -0.4 is 11.1 Å². The van der Waals surface area contributed by atoms with E-state index in [0.717, 1.165) is 17.7 Å². The highest BCUT2D eigenvalue weighted by molar-refractivity contribution is 5.90. The molecule has 0 bridgehead atoms. The highest BCUT2D eigenvalue weighted by Crippen LogP contribution is 2.26. The second kappa shape index (κ2) is 6.89. The molecule has 2 unspecified atom stereocenters. The molecule has 0 aliphatic carbocycles. The first kappa shape index (κ1) is 16.7. The van der Waals surface area contributed by atoms with Gasteiger partial charge in [-0.25, -0.2) is 0 Å². The number of anilines is 1. The Labute approximate surface area is 122 Å². The summed E-state index contributed by atoms with van der Waals surface area (Å²) in [6.07, 6.45) is 1.61. The maximum Gasteiger partial charge on any atom is 0.224 e. The first-order valence-corrected chi connectivity index (χ1v) is 7.33. The molecule has 112 valence electrons. The standard InChI is InChI=1S/C17H28N2O/c1-12(11-17(3,4)5)10-16(20)19-15-8-6-14(7-9-15)13(2)18/h6-9,12-13H,10-11,18H2,1-5H3,(H,19,20). The smallest absolute Gasteiger partial charge is 0.224 e. The predicted molar refractivity (Wildman–Crippen MR) is 85.5 cm³/mol. The summed E-state index contributed by atoms with van der Waals surface area (Å²) >= 11 is 0. The van der Waals surface area contributed by atoms with E-state index in [2.05, 4.69) is 33.0 Å². The molecule has 0 saturated carbocycles. The quantitative estimate of drug-likeness (QED) is 0.850. The van der Waals surface area contributed by atoms with Gasteiger partial charge in [-0.2, -0.15) is 0 Å². The number of benzene rings is 1. The average Bonchev–Trinajstić information content (AvgIpc) is 2.26. The van der Waals surface area contributed by atoms with E-state index < -0.39 is 0 Å². The van der Waals surface area contributed by atoms with Gasteiger partial charge in [0.15, 0.2) is 0 Å².